The Morgan fingerprint density at radius 2 is 1.86 bits per heavy atom. The summed E-state index contributed by atoms with van der Waals surface area (Å²) in [5.41, 5.74) is -2.02. The molecule has 0 aromatic heterocycles. The van der Waals surface area contributed by atoms with Crippen LogP contribution in [0.25, 0.3) is 0 Å². The molecule has 1 aromatic rings. The minimum Gasteiger partial charge on any atom is -0.443 e. The van der Waals surface area contributed by atoms with Crippen molar-refractivity contribution in [2.75, 3.05) is 27.4 Å². The monoisotopic (exact) mass is 555 g/mol. The highest BCUT2D eigenvalue weighted by Gasteiger charge is 2.71. The molecular formula is C26H39F2N3O4SSi. The molecule has 1 fully saturated rings. The van der Waals surface area contributed by atoms with E-state index < -0.39 is 41.7 Å². The largest absolute Gasteiger partial charge is 0.443 e. The number of ether oxygens (including phenoxy) is 2. The van der Waals surface area contributed by atoms with E-state index in [4.69, 9.17) is 14.5 Å². The normalized spacial score (nSPS) is 25.2. The SMILES string of the molecule is CN(C)C(=O)[C@]12CC1[C@@](C)(c1cccc(F)c1F)N=C(N(COCC[Si](C)(C)C)C(=O)OC(C)(C)C)S2. The maximum atomic E-state index is 15.1. The topological polar surface area (TPSA) is 71.4 Å². The fourth-order valence-electron chi connectivity index (χ4n) is 4.43. The van der Waals surface area contributed by atoms with E-state index in [1.54, 1.807) is 41.8 Å². The minimum atomic E-state index is -1.38. The molecule has 0 N–H and O–H groups in total. The van der Waals surface area contributed by atoms with E-state index in [1.165, 1.54) is 33.7 Å². The number of nitrogens with zero attached hydrogens (tertiary/aromatic N) is 3. The number of aliphatic imine (C=N–C) groups is 1. The lowest BCUT2D eigenvalue weighted by molar-refractivity contribution is -0.129. The first kappa shape index (κ1) is 29.6. The zero-order valence-corrected chi connectivity index (χ0v) is 25.1. The van der Waals surface area contributed by atoms with Crippen molar-refractivity contribution in [3.63, 3.8) is 0 Å². The third kappa shape index (κ3) is 6.36. The van der Waals surface area contributed by atoms with Crippen LogP contribution in [0.5, 0.6) is 0 Å². The van der Waals surface area contributed by atoms with Crippen LogP contribution < -0.4 is 0 Å². The number of carbonyl (C=O) groups is 2. The van der Waals surface area contributed by atoms with Gasteiger partial charge in [0.05, 0.1) is 5.54 Å². The Morgan fingerprint density at radius 1 is 1.22 bits per heavy atom. The van der Waals surface area contributed by atoms with Crippen LogP contribution in [-0.2, 0) is 19.8 Å². The summed E-state index contributed by atoms with van der Waals surface area (Å²) in [4.78, 5) is 34.3. The minimum absolute atomic E-state index is 0.0486. The summed E-state index contributed by atoms with van der Waals surface area (Å²) in [6.07, 6.45) is -0.271. The van der Waals surface area contributed by atoms with Gasteiger partial charge in [0.1, 0.15) is 17.1 Å². The van der Waals surface area contributed by atoms with Gasteiger partial charge in [-0.1, -0.05) is 43.5 Å². The van der Waals surface area contributed by atoms with Crippen LogP contribution in [0.2, 0.25) is 25.7 Å². The predicted molar refractivity (Wildman–Crippen MR) is 145 cm³/mol. The molecule has 1 saturated carbocycles. The fraction of sp³-hybridized carbons (Fsp3) is 0.654. The van der Waals surface area contributed by atoms with E-state index >= 15 is 4.39 Å². The van der Waals surface area contributed by atoms with Gasteiger partial charge in [0.15, 0.2) is 16.8 Å². The Kier molecular flexibility index (Phi) is 8.23. The van der Waals surface area contributed by atoms with Gasteiger partial charge in [0.2, 0.25) is 5.91 Å². The number of hydrogen-bond acceptors (Lipinski definition) is 6. The molecule has 2 aliphatic rings. The maximum absolute atomic E-state index is 15.1. The lowest BCUT2D eigenvalue weighted by Crippen LogP contribution is -2.48. The number of fused-ring (bicyclic) bond motifs is 1. The fourth-order valence-corrected chi connectivity index (χ4v) is 6.87. The standard InChI is InChI=1S/C26H39F2N3O4SSi/c1-24(2,3)35-23(33)31(16-34-13-14-37(7,8)9)22-29-25(4,17-11-10-12-18(27)20(17)28)19-15-26(19,36-22)21(32)30(5)6/h10-12,19H,13-16H2,1-9H3/t19?,25-,26+/m1/s1. The zero-order chi connectivity index (χ0) is 28.0. The van der Waals surface area contributed by atoms with Gasteiger partial charge in [-0.25, -0.2) is 18.5 Å². The summed E-state index contributed by atoms with van der Waals surface area (Å²) in [5, 5.41) is 0.192. The molecule has 206 valence electrons. The Bertz CT molecular complexity index is 1090. The number of rotatable bonds is 7. The number of benzene rings is 1. The summed E-state index contributed by atoms with van der Waals surface area (Å²) in [5.74, 6) is -2.54. The third-order valence-corrected chi connectivity index (χ3v) is 9.71. The van der Waals surface area contributed by atoms with Crippen molar-refractivity contribution in [3.05, 3.63) is 35.4 Å². The van der Waals surface area contributed by atoms with Crippen molar-refractivity contribution in [3.8, 4) is 0 Å². The van der Waals surface area contributed by atoms with Crippen molar-refractivity contribution in [2.24, 2.45) is 10.9 Å². The highest BCUT2D eigenvalue weighted by molar-refractivity contribution is 8.16. The van der Waals surface area contributed by atoms with Crippen LogP contribution in [0.4, 0.5) is 13.6 Å². The van der Waals surface area contributed by atoms with Gasteiger partial charge >= 0.3 is 6.09 Å². The van der Waals surface area contributed by atoms with Gasteiger partial charge in [0, 0.05) is 40.3 Å². The predicted octanol–water partition coefficient (Wildman–Crippen LogP) is 5.68. The van der Waals surface area contributed by atoms with E-state index in [-0.39, 0.29) is 29.3 Å². The highest BCUT2D eigenvalue weighted by Crippen LogP contribution is 2.67. The summed E-state index contributed by atoms with van der Waals surface area (Å²) in [7, 11) is 1.93. The zero-order valence-electron chi connectivity index (χ0n) is 23.3. The molecule has 2 amide bonds. The van der Waals surface area contributed by atoms with Gasteiger partial charge in [-0.3, -0.25) is 9.79 Å². The van der Waals surface area contributed by atoms with Crippen molar-refractivity contribution >= 4 is 37.0 Å². The van der Waals surface area contributed by atoms with Gasteiger partial charge in [-0.15, -0.1) is 0 Å². The first-order valence-electron chi connectivity index (χ1n) is 12.4. The van der Waals surface area contributed by atoms with Gasteiger partial charge in [-0.2, -0.15) is 0 Å². The second kappa shape index (κ2) is 10.3. The van der Waals surface area contributed by atoms with Crippen LogP contribution in [0.3, 0.4) is 0 Å². The van der Waals surface area contributed by atoms with Crippen LogP contribution in [-0.4, -0.2) is 72.8 Å². The van der Waals surface area contributed by atoms with Gasteiger partial charge in [0.25, 0.3) is 0 Å². The van der Waals surface area contributed by atoms with Crippen LogP contribution >= 0.6 is 11.8 Å². The molecule has 0 spiro atoms. The number of hydrogen-bond donors (Lipinski definition) is 0. The maximum Gasteiger partial charge on any atom is 0.418 e. The molecule has 0 saturated heterocycles. The van der Waals surface area contributed by atoms with Crippen molar-refractivity contribution < 1.29 is 27.8 Å². The van der Waals surface area contributed by atoms with E-state index in [9.17, 15) is 14.0 Å². The van der Waals surface area contributed by atoms with Gasteiger partial charge < -0.3 is 14.4 Å². The number of carbonyl (C=O) groups excluding carboxylic acids is 2. The molecule has 1 unspecified atom stereocenters. The Balaban J connectivity index is 2.07. The molecule has 1 aliphatic carbocycles. The van der Waals surface area contributed by atoms with Crippen molar-refractivity contribution in [1.29, 1.82) is 0 Å². The van der Waals surface area contributed by atoms with Crippen LogP contribution in [0.15, 0.2) is 23.2 Å². The summed E-state index contributed by atoms with van der Waals surface area (Å²) in [6, 6.07) is 4.86. The smallest absolute Gasteiger partial charge is 0.418 e. The highest BCUT2D eigenvalue weighted by atomic mass is 32.2. The molecule has 11 heteroatoms. The lowest BCUT2D eigenvalue weighted by atomic mass is 9.85. The quantitative estimate of drug-likeness (QED) is 0.246. The Hall–Kier alpha value is -1.98. The van der Waals surface area contributed by atoms with Crippen molar-refractivity contribution in [1.82, 2.24) is 9.80 Å². The molecule has 1 aliphatic heterocycles. The van der Waals surface area contributed by atoms with Crippen LogP contribution in [0, 0.1) is 17.6 Å². The molecule has 1 heterocycles. The van der Waals surface area contributed by atoms with E-state index in [1.807, 2.05) is 0 Å². The molecule has 1 aromatic carbocycles. The average Bonchev–Trinajstić information content (AvgIpc) is 3.49. The summed E-state index contributed by atoms with van der Waals surface area (Å²) in [6.45, 7) is 14.0. The van der Waals surface area contributed by atoms with E-state index in [0.717, 1.165) is 12.1 Å². The average molecular weight is 556 g/mol. The second-order valence-electron chi connectivity index (χ2n) is 12.3. The Morgan fingerprint density at radius 3 is 2.43 bits per heavy atom. The number of halogens is 2. The summed E-state index contributed by atoms with van der Waals surface area (Å²) >= 11 is 1.17. The molecule has 0 bridgehead atoms. The number of amides is 2. The third-order valence-electron chi connectivity index (χ3n) is 6.52. The lowest BCUT2D eigenvalue weighted by Gasteiger charge is -2.38. The molecule has 37 heavy (non-hydrogen) atoms. The molecule has 3 atom stereocenters. The second-order valence-corrected chi connectivity index (χ2v) is 19.3. The molecule has 3 rings (SSSR count). The van der Waals surface area contributed by atoms with E-state index in [0.29, 0.717) is 13.0 Å². The van der Waals surface area contributed by atoms with Gasteiger partial charge in [-0.05, 0) is 46.2 Å². The molecule has 7 nitrogen and oxygen atoms in total. The summed E-state index contributed by atoms with van der Waals surface area (Å²) < 4.78 is 40.0. The van der Waals surface area contributed by atoms with Crippen LogP contribution in [0.1, 0.15) is 39.7 Å². The first-order chi connectivity index (χ1) is 16.9. The first-order valence-corrected chi connectivity index (χ1v) is 17.0. The molecular weight excluding hydrogens is 516 g/mol. The Labute approximate surface area is 224 Å². The molecule has 0 radical (unpaired) electrons. The van der Waals surface area contributed by atoms with Crippen molar-refractivity contribution in [2.45, 2.75) is 75.7 Å². The van der Waals surface area contributed by atoms with E-state index in [2.05, 4.69) is 19.6 Å². The number of thioether (sulfide) groups is 1. The number of amidine groups is 1.